The molecular formula is C17H13Cl2NO4. The molecular weight excluding hydrogens is 353 g/mol. The van der Waals surface area contributed by atoms with Gasteiger partial charge in [-0.15, -0.1) is 0 Å². The molecule has 0 amide bonds. The summed E-state index contributed by atoms with van der Waals surface area (Å²) in [4.78, 5) is 22.1. The lowest BCUT2D eigenvalue weighted by Crippen LogP contribution is -2.06. The molecule has 7 heteroatoms. The molecule has 2 aromatic rings. The van der Waals surface area contributed by atoms with Crippen molar-refractivity contribution >= 4 is 40.9 Å². The van der Waals surface area contributed by atoms with Gasteiger partial charge in [0.05, 0.1) is 4.92 Å². The highest BCUT2D eigenvalue weighted by atomic mass is 35.5. The number of hydrogen-bond acceptors (Lipinski definition) is 4. The molecule has 0 spiro atoms. The second kappa shape index (κ2) is 7.95. The average molecular weight is 366 g/mol. The number of rotatable bonds is 5. The second-order valence-corrected chi connectivity index (χ2v) is 5.72. The molecule has 0 radical (unpaired) electrons. The SMILES string of the molecule is CC(OC(=O)/C=C/c1ccc(Cl)c([N+](=O)[O-])c1)c1ccccc1Cl. The van der Waals surface area contributed by atoms with E-state index in [1.807, 2.05) is 0 Å². The molecule has 124 valence electrons. The lowest BCUT2D eigenvalue weighted by Gasteiger charge is -2.13. The van der Waals surface area contributed by atoms with Gasteiger partial charge in [-0.1, -0.05) is 47.5 Å². The molecule has 0 bridgehead atoms. The molecule has 0 aliphatic carbocycles. The number of carbonyl (C=O) groups excluding carboxylic acids is 1. The van der Waals surface area contributed by atoms with Crippen molar-refractivity contribution in [2.45, 2.75) is 13.0 Å². The molecule has 0 aliphatic rings. The summed E-state index contributed by atoms with van der Waals surface area (Å²) in [5.74, 6) is -0.583. The van der Waals surface area contributed by atoms with E-state index in [1.165, 1.54) is 24.3 Å². The second-order valence-electron chi connectivity index (χ2n) is 4.90. The number of hydrogen-bond donors (Lipinski definition) is 0. The van der Waals surface area contributed by atoms with E-state index in [4.69, 9.17) is 27.9 Å². The van der Waals surface area contributed by atoms with Crippen LogP contribution in [0.1, 0.15) is 24.2 Å². The van der Waals surface area contributed by atoms with Crippen LogP contribution >= 0.6 is 23.2 Å². The molecule has 0 aromatic heterocycles. The van der Waals surface area contributed by atoms with E-state index >= 15 is 0 Å². The lowest BCUT2D eigenvalue weighted by atomic mass is 10.1. The minimum absolute atomic E-state index is 0.0343. The van der Waals surface area contributed by atoms with Gasteiger partial charge in [0.2, 0.25) is 0 Å². The Bertz CT molecular complexity index is 805. The minimum Gasteiger partial charge on any atom is -0.455 e. The third kappa shape index (κ3) is 4.57. The number of esters is 1. The fraction of sp³-hybridized carbons (Fsp3) is 0.118. The van der Waals surface area contributed by atoms with Gasteiger partial charge in [-0.25, -0.2) is 4.79 Å². The summed E-state index contributed by atoms with van der Waals surface area (Å²) in [6.45, 7) is 1.71. The Morgan fingerprint density at radius 3 is 2.58 bits per heavy atom. The first-order valence-corrected chi connectivity index (χ1v) is 7.71. The maximum absolute atomic E-state index is 11.9. The number of nitro benzene ring substituents is 1. The summed E-state index contributed by atoms with van der Waals surface area (Å²) in [6, 6.07) is 11.3. The topological polar surface area (TPSA) is 69.4 Å². The molecule has 0 saturated carbocycles. The predicted molar refractivity (Wildman–Crippen MR) is 93.1 cm³/mol. The van der Waals surface area contributed by atoms with Crippen molar-refractivity contribution in [1.29, 1.82) is 0 Å². The third-order valence-corrected chi connectivity index (χ3v) is 3.88. The van der Waals surface area contributed by atoms with Crippen LogP contribution in [-0.4, -0.2) is 10.9 Å². The summed E-state index contributed by atoms with van der Waals surface area (Å²) in [6.07, 6.45) is 2.10. The lowest BCUT2D eigenvalue weighted by molar-refractivity contribution is -0.384. The van der Waals surface area contributed by atoms with Gasteiger partial charge < -0.3 is 4.74 Å². The molecule has 0 N–H and O–H groups in total. The van der Waals surface area contributed by atoms with Gasteiger partial charge in [0.25, 0.3) is 5.69 Å². The van der Waals surface area contributed by atoms with Crippen LogP contribution in [0.4, 0.5) is 5.69 Å². The Morgan fingerprint density at radius 2 is 1.92 bits per heavy atom. The number of carbonyl (C=O) groups is 1. The van der Waals surface area contributed by atoms with Crippen LogP contribution in [0.5, 0.6) is 0 Å². The molecule has 0 fully saturated rings. The van der Waals surface area contributed by atoms with E-state index < -0.39 is 17.0 Å². The monoisotopic (exact) mass is 365 g/mol. The van der Waals surface area contributed by atoms with Gasteiger partial charge in [-0.2, -0.15) is 0 Å². The van der Waals surface area contributed by atoms with Crippen molar-refractivity contribution in [3.63, 3.8) is 0 Å². The first-order valence-electron chi connectivity index (χ1n) is 6.95. The maximum atomic E-state index is 11.9. The molecule has 1 unspecified atom stereocenters. The highest BCUT2D eigenvalue weighted by molar-refractivity contribution is 6.32. The van der Waals surface area contributed by atoms with E-state index in [0.29, 0.717) is 16.1 Å². The Labute approximate surface area is 148 Å². The summed E-state index contributed by atoms with van der Waals surface area (Å²) in [7, 11) is 0. The molecule has 0 saturated heterocycles. The number of nitro groups is 1. The van der Waals surface area contributed by atoms with Crippen LogP contribution in [0.3, 0.4) is 0 Å². The largest absolute Gasteiger partial charge is 0.455 e. The zero-order valence-corrected chi connectivity index (χ0v) is 14.1. The normalized spacial score (nSPS) is 12.1. The fourth-order valence-electron chi connectivity index (χ4n) is 2.02. The first-order chi connectivity index (χ1) is 11.4. The Kier molecular flexibility index (Phi) is 5.95. The molecule has 0 heterocycles. The molecule has 2 aromatic carbocycles. The van der Waals surface area contributed by atoms with Gasteiger partial charge in [0.1, 0.15) is 11.1 Å². The van der Waals surface area contributed by atoms with Crippen LogP contribution in [0.15, 0.2) is 48.5 Å². The Hall–Kier alpha value is -2.37. The third-order valence-electron chi connectivity index (χ3n) is 3.21. The van der Waals surface area contributed by atoms with Crippen LogP contribution < -0.4 is 0 Å². The minimum atomic E-state index is -0.586. The molecule has 5 nitrogen and oxygen atoms in total. The average Bonchev–Trinajstić information content (AvgIpc) is 2.54. The summed E-state index contributed by atoms with van der Waals surface area (Å²) in [5.41, 5.74) is 0.938. The van der Waals surface area contributed by atoms with Gasteiger partial charge in [-0.3, -0.25) is 10.1 Å². The number of halogens is 2. The zero-order chi connectivity index (χ0) is 17.7. The van der Waals surface area contributed by atoms with Crippen LogP contribution in [0.2, 0.25) is 10.0 Å². The van der Waals surface area contributed by atoms with Gasteiger partial charge in [0.15, 0.2) is 0 Å². The maximum Gasteiger partial charge on any atom is 0.331 e. The summed E-state index contributed by atoms with van der Waals surface area (Å²) >= 11 is 11.8. The van der Waals surface area contributed by atoms with Gasteiger partial charge >= 0.3 is 5.97 Å². The van der Waals surface area contributed by atoms with Crippen molar-refractivity contribution in [2.75, 3.05) is 0 Å². The van der Waals surface area contributed by atoms with E-state index in [0.717, 1.165) is 0 Å². The van der Waals surface area contributed by atoms with Crippen molar-refractivity contribution in [3.8, 4) is 0 Å². The highest BCUT2D eigenvalue weighted by Gasteiger charge is 2.14. The number of nitrogens with zero attached hydrogens (tertiary/aromatic N) is 1. The molecule has 24 heavy (non-hydrogen) atoms. The van der Waals surface area contributed by atoms with Crippen LogP contribution in [0.25, 0.3) is 6.08 Å². The summed E-state index contributed by atoms with van der Waals surface area (Å²) in [5, 5.41) is 11.4. The van der Waals surface area contributed by atoms with Crippen molar-refractivity contribution in [2.24, 2.45) is 0 Å². The zero-order valence-electron chi connectivity index (χ0n) is 12.6. The van der Waals surface area contributed by atoms with E-state index in [1.54, 1.807) is 37.3 Å². The van der Waals surface area contributed by atoms with Crippen LogP contribution in [0, 0.1) is 10.1 Å². The van der Waals surface area contributed by atoms with Crippen molar-refractivity contribution < 1.29 is 14.5 Å². The standard InChI is InChI=1S/C17H13Cl2NO4/c1-11(13-4-2-3-5-14(13)18)24-17(21)9-7-12-6-8-15(19)16(10-12)20(22)23/h2-11H,1H3/b9-7+. The molecule has 2 rings (SSSR count). The predicted octanol–water partition coefficient (Wildman–Crippen LogP) is 5.22. The van der Waals surface area contributed by atoms with E-state index in [9.17, 15) is 14.9 Å². The first kappa shape index (κ1) is 18.0. The summed E-state index contributed by atoms with van der Waals surface area (Å²) < 4.78 is 5.27. The Morgan fingerprint density at radius 1 is 1.21 bits per heavy atom. The van der Waals surface area contributed by atoms with Crippen molar-refractivity contribution in [1.82, 2.24) is 0 Å². The Balaban J connectivity index is 2.07. The number of benzene rings is 2. The van der Waals surface area contributed by atoms with Gasteiger partial charge in [-0.05, 0) is 30.7 Å². The smallest absolute Gasteiger partial charge is 0.331 e. The quantitative estimate of drug-likeness (QED) is 0.315. The van der Waals surface area contributed by atoms with Crippen molar-refractivity contribution in [3.05, 3.63) is 79.8 Å². The van der Waals surface area contributed by atoms with Crippen LogP contribution in [-0.2, 0) is 9.53 Å². The van der Waals surface area contributed by atoms with E-state index in [2.05, 4.69) is 0 Å². The van der Waals surface area contributed by atoms with E-state index in [-0.39, 0.29) is 10.7 Å². The highest BCUT2D eigenvalue weighted by Crippen LogP contribution is 2.26. The molecule has 1 atom stereocenters. The fourth-order valence-corrected chi connectivity index (χ4v) is 2.50. The number of ether oxygens (including phenoxy) is 1. The molecule has 0 aliphatic heterocycles. The van der Waals surface area contributed by atoms with Gasteiger partial charge in [0, 0.05) is 22.7 Å².